The average molecular weight is 628 g/mol. The van der Waals surface area contributed by atoms with Gasteiger partial charge in [0.05, 0.1) is 7.11 Å². The maximum atomic E-state index is 13.7. The highest BCUT2D eigenvalue weighted by atomic mass is 19.1. The van der Waals surface area contributed by atoms with Crippen molar-refractivity contribution in [3.05, 3.63) is 125 Å². The maximum absolute atomic E-state index is 13.7. The van der Waals surface area contributed by atoms with E-state index in [0.29, 0.717) is 49.2 Å². The van der Waals surface area contributed by atoms with Crippen LogP contribution in [-0.4, -0.2) is 31.1 Å². The zero-order valence-corrected chi connectivity index (χ0v) is 26.9. The molecule has 0 aromatic heterocycles. The van der Waals surface area contributed by atoms with E-state index in [1.54, 1.807) is 32.9 Å². The Hall–Kier alpha value is -5.31. The Bertz CT molecular complexity index is 1590. The van der Waals surface area contributed by atoms with Crippen molar-refractivity contribution < 1.29 is 28.3 Å². The van der Waals surface area contributed by atoms with Crippen LogP contribution in [0.1, 0.15) is 49.4 Å². The lowest BCUT2D eigenvalue weighted by Crippen LogP contribution is -2.26. The number of aldehydes is 1. The van der Waals surface area contributed by atoms with Gasteiger partial charge in [-0.15, -0.1) is 0 Å². The van der Waals surface area contributed by atoms with Gasteiger partial charge < -0.3 is 25.5 Å². The molecule has 242 valence electrons. The Morgan fingerprint density at radius 2 is 1.20 bits per heavy atom. The van der Waals surface area contributed by atoms with Crippen molar-refractivity contribution in [1.82, 2.24) is 16.0 Å². The number of benzene rings is 3. The lowest BCUT2D eigenvalue weighted by atomic mass is 10.0. The SMILES string of the molecule is C=C(C)C(=O)NCc1ccc(-c2ccc(OC)c(F)c2)cc1.C=C(C)C(=O)NCc1ccc(CCC=O)cc1CNC(=O)C(=C)C. The van der Waals surface area contributed by atoms with Crippen molar-refractivity contribution in [2.24, 2.45) is 0 Å². The standard InChI is InChI=1S/C19H24N2O3.C18H18FNO2/c1-13(2)18(23)20-11-16-8-7-15(6-5-9-22)10-17(16)12-21-19(24)14(3)4;1-12(2)18(21)20-11-13-4-6-14(7-5-13)15-8-9-17(22-3)16(19)10-15/h7-10H,1,3,5-6,11-12H2,2,4H3,(H,20,23)(H,21,24);4-10H,1,11H2,2-3H3,(H,20,21). The van der Waals surface area contributed by atoms with Crippen molar-refractivity contribution in [3.63, 3.8) is 0 Å². The number of hydrogen-bond acceptors (Lipinski definition) is 5. The van der Waals surface area contributed by atoms with Crippen LogP contribution >= 0.6 is 0 Å². The number of rotatable bonds is 14. The third-order valence-corrected chi connectivity index (χ3v) is 6.76. The van der Waals surface area contributed by atoms with Gasteiger partial charge >= 0.3 is 0 Å². The number of halogens is 1. The second kappa shape index (κ2) is 18.5. The summed E-state index contributed by atoms with van der Waals surface area (Å²) in [4.78, 5) is 45.3. The number of ether oxygens (including phenoxy) is 1. The molecule has 3 aromatic rings. The van der Waals surface area contributed by atoms with Crippen LogP contribution in [0.5, 0.6) is 5.75 Å². The van der Waals surface area contributed by atoms with E-state index in [1.165, 1.54) is 13.2 Å². The van der Waals surface area contributed by atoms with Crippen LogP contribution in [0, 0.1) is 5.82 Å². The lowest BCUT2D eigenvalue weighted by molar-refractivity contribution is -0.118. The minimum absolute atomic E-state index is 0.165. The molecule has 0 atom stereocenters. The molecule has 0 aliphatic rings. The van der Waals surface area contributed by atoms with Gasteiger partial charge in [0.25, 0.3) is 0 Å². The molecule has 9 heteroatoms. The fraction of sp³-hybridized carbons (Fsp3) is 0.243. The normalized spacial score (nSPS) is 10.0. The van der Waals surface area contributed by atoms with Crippen LogP contribution in [0.2, 0.25) is 0 Å². The predicted molar refractivity (Wildman–Crippen MR) is 179 cm³/mol. The van der Waals surface area contributed by atoms with Crippen LogP contribution in [-0.2, 0) is 45.2 Å². The zero-order chi connectivity index (χ0) is 34.2. The third-order valence-electron chi connectivity index (χ3n) is 6.76. The van der Waals surface area contributed by atoms with Gasteiger partial charge in [-0.25, -0.2) is 4.39 Å². The summed E-state index contributed by atoms with van der Waals surface area (Å²) in [6, 6.07) is 18.2. The molecule has 0 spiro atoms. The predicted octanol–water partition coefficient (Wildman–Crippen LogP) is 5.90. The molecule has 0 unspecified atom stereocenters. The van der Waals surface area contributed by atoms with Gasteiger partial charge in [0.1, 0.15) is 6.29 Å². The van der Waals surface area contributed by atoms with Crippen molar-refractivity contribution >= 4 is 24.0 Å². The van der Waals surface area contributed by atoms with Gasteiger partial charge in [-0.05, 0) is 72.7 Å². The van der Waals surface area contributed by atoms with E-state index in [0.717, 1.165) is 39.7 Å². The first-order valence-corrected chi connectivity index (χ1v) is 14.6. The molecule has 0 aliphatic heterocycles. The summed E-state index contributed by atoms with van der Waals surface area (Å²) in [5, 5.41) is 8.35. The topological polar surface area (TPSA) is 114 Å². The van der Waals surface area contributed by atoms with E-state index in [2.05, 4.69) is 35.7 Å². The molecule has 3 rings (SSSR count). The van der Waals surface area contributed by atoms with E-state index < -0.39 is 5.82 Å². The minimum Gasteiger partial charge on any atom is -0.494 e. The third kappa shape index (κ3) is 12.0. The first kappa shape index (κ1) is 36.9. The fourth-order valence-electron chi connectivity index (χ4n) is 4.04. The summed E-state index contributed by atoms with van der Waals surface area (Å²) in [6.07, 6.45) is 1.97. The number of methoxy groups -OCH3 is 1. The molecule has 0 bridgehead atoms. The van der Waals surface area contributed by atoms with Crippen LogP contribution in [0.3, 0.4) is 0 Å². The first-order chi connectivity index (χ1) is 21.9. The molecule has 3 aromatic carbocycles. The van der Waals surface area contributed by atoms with Crippen molar-refractivity contribution in [2.75, 3.05) is 7.11 Å². The monoisotopic (exact) mass is 627 g/mol. The van der Waals surface area contributed by atoms with Crippen LogP contribution < -0.4 is 20.7 Å². The maximum Gasteiger partial charge on any atom is 0.246 e. The molecule has 0 aliphatic carbocycles. The van der Waals surface area contributed by atoms with Crippen LogP contribution in [0.15, 0.2) is 97.1 Å². The molecule has 8 nitrogen and oxygen atoms in total. The van der Waals surface area contributed by atoms with Gasteiger partial charge in [0.15, 0.2) is 11.6 Å². The van der Waals surface area contributed by atoms with Gasteiger partial charge in [0, 0.05) is 42.8 Å². The summed E-state index contributed by atoms with van der Waals surface area (Å²) in [6.45, 7) is 16.9. The second-order valence-electron chi connectivity index (χ2n) is 10.7. The fourth-order valence-corrected chi connectivity index (χ4v) is 4.04. The second-order valence-corrected chi connectivity index (χ2v) is 10.7. The molecule has 0 saturated heterocycles. The Balaban J connectivity index is 0.000000321. The highest BCUT2D eigenvalue weighted by Gasteiger charge is 2.10. The van der Waals surface area contributed by atoms with Crippen molar-refractivity contribution in [2.45, 2.75) is 53.2 Å². The van der Waals surface area contributed by atoms with Crippen LogP contribution in [0.25, 0.3) is 11.1 Å². The number of amides is 3. The molecule has 3 amide bonds. The quantitative estimate of drug-likeness (QED) is 0.152. The van der Waals surface area contributed by atoms with Gasteiger partial charge in [0.2, 0.25) is 17.7 Å². The minimum atomic E-state index is -0.391. The largest absolute Gasteiger partial charge is 0.494 e. The molecule has 0 heterocycles. The Morgan fingerprint density at radius 1 is 0.696 bits per heavy atom. The number of nitrogens with one attached hydrogen (secondary N) is 3. The molecular formula is C37H42FN3O5. The van der Waals surface area contributed by atoms with Gasteiger partial charge in [-0.1, -0.05) is 68.3 Å². The van der Waals surface area contributed by atoms with Gasteiger partial charge in [-0.2, -0.15) is 0 Å². The molecule has 46 heavy (non-hydrogen) atoms. The van der Waals surface area contributed by atoms with E-state index >= 15 is 0 Å². The number of hydrogen-bond donors (Lipinski definition) is 3. The molecule has 3 N–H and O–H groups in total. The molecule has 0 radical (unpaired) electrons. The summed E-state index contributed by atoms with van der Waals surface area (Å²) in [7, 11) is 1.44. The van der Waals surface area contributed by atoms with E-state index in [1.807, 2.05) is 42.5 Å². The highest BCUT2D eigenvalue weighted by molar-refractivity contribution is 5.93. The Labute approximate surface area is 270 Å². The molecular weight excluding hydrogens is 585 g/mol. The van der Waals surface area contributed by atoms with Gasteiger partial charge in [-0.3, -0.25) is 14.4 Å². The zero-order valence-electron chi connectivity index (χ0n) is 26.9. The number of aryl methyl sites for hydroxylation is 1. The smallest absolute Gasteiger partial charge is 0.246 e. The van der Waals surface area contributed by atoms with E-state index in [4.69, 9.17) is 4.74 Å². The summed E-state index contributed by atoms with van der Waals surface area (Å²) >= 11 is 0. The highest BCUT2D eigenvalue weighted by Crippen LogP contribution is 2.25. The van der Waals surface area contributed by atoms with E-state index in [-0.39, 0.29) is 23.5 Å². The first-order valence-electron chi connectivity index (χ1n) is 14.6. The van der Waals surface area contributed by atoms with Crippen molar-refractivity contribution in [3.8, 4) is 16.9 Å². The lowest BCUT2D eigenvalue weighted by Gasteiger charge is -2.14. The van der Waals surface area contributed by atoms with Crippen LogP contribution in [0.4, 0.5) is 4.39 Å². The Kier molecular flexibility index (Phi) is 14.8. The Morgan fingerprint density at radius 3 is 1.70 bits per heavy atom. The van der Waals surface area contributed by atoms with Crippen molar-refractivity contribution in [1.29, 1.82) is 0 Å². The summed E-state index contributed by atoms with van der Waals surface area (Å²) in [5.74, 6) is -0.760. The molecule has 0 fully saturated rings. The van der Waals surface area contributed by atoms with E-state index in [9.17, 15) is 23.6 Å². The number of carbonyl (C=O) groups excluding carboxylic acids is 4. The summed E-state index contributed by atoms with van der Waals surface area (Å²) in [5.41, 5.74) is 6.80. The molecule has 0 saturated carbocycles. The number of carbonyl (C=O) groups is 4. The average Bonchev–Trinajstić information content (AvgIpc) is 3.04. The summed E-state index contributed by atoms with van der Waals surface area (Å²) < 4.78 is 18.6.